The molecule has 2 nitrogen and oxygen atoms in total. The Labute approximate surface area is 83.5 Å². The van der Waals surface area contributed by atoms with Crippen molar-refractivity contribution < 1.29 is 0 Å². The number of hydrogen-bond donors (Lipinski definition) is 0. The van der Waals surface area contributed by atoms with Crippen molar-refractivity contribution in [1.82, 2.24) is 4.98 Å². The molecule has 0 aromatic carbocycles. The van der Waals surface area contributed by atoms with Gasteiger partial charge in [-0.15, -0.1) is 11.6 Å². The van der Waals surface area contributed by atoms with E-state index in [2.05, 4.69) is 16.0 Å². The van der Waals surface area contributed by atoms with Crippen LogP contribution in [0.1, 0.15) is 12.8 Å². The van der Waals surface area contributed by atoms with Crippen molar-refractivity contribution in [1.29, 1.82) is 0 Å². The number of aromatic nitrogens is 1. The van der Waals surface area contributed by atoms with Gasteiger partial charge in [-0.3, -0.25) is 4.98 Å². The average molecular weight is 197 g/mol. The van der Waals surface area contributed by atoms with Crippen LogP contribution < -0.4 is 4.90 Å². The van der Waals surface area contributed by atoms with Gasteiger partial charge in [0.25, 0.3) is 0 Å². The second kappa shape index (κ2) is 3.97. The van der Waals surface area contributed by atoms with E-state index < -0.39 is 0 Å². The molecule has 0 spiro atoms. The van der Waals surface area contributed by atoms with Gasteiger partial charge >= 0.3 is 0 Å². The highest BCUT2D eigenvalue weighted by molar-refractivity contribution is 6.18. The fourth-order valence-electron chi connectivity index (χ4n) is 1.86. The Morgan fingerprint density at radius 3 is 3.23 bits per heavy atom. The van der Waals surface area contributed by atoms with Crippen LogP contribution in [0.5, 0.6) is 0 Å². The number of alkyl halides is 1. The summed E-state index contributed by atoms with van der Waals surface area (Å²) in [5.74, 6) is 0.717. The molecule has 1 atom stereocenters. The molecule has 1 aliphatic heterocycles. The minimum atomic E-state index is 0.505. The van der Waals surface area contributed by atoms with E-state index in [1.54, 1.807) is 6.20 Å². The molecule has 1 saturated heterocycles. The highest BCUT2D eigenvalue weighted by atomic mass is 35.5. The van der Waals surface area contributed by atoms with Crippen LogP contribution in [0.15, 0.2) is 24.5 Å². The van der Waals surface area contributed by atoms with E-state index >= 15 is 0 Å². The Bertz CT molecular complexity index is 263. The predicted molar refractivity (Wildman–Crippen MR) is 55.3 cm³/mol. The molecule has 70 valence electrons. The second-order valence-electron chi connectivity index (χ2n) is 3.35. The van der Waals surface area contributed by atoms with Gasteiger partial charge in [0.1, 0.15) is 0 Å². The van der Waals surface area contributed by atoms with E-state index in [0.717, 1.165) is 12.4 Å². The molecular weight excluding hydrogens is 184 g/mol. The lowest BCUT2D eigenvalue weighted by atomic mass is 10.2. The molecule has 0 aliphatic carbocycles. The van der Waals surface area contributed by atoms with Gasteiger partial charge < -0.3 is 4.90 Å². The first-order valence-corrected chi connectivity index (χ1v) is 5.18. The minimum absolute atomic E-state index is 0.505. The van der Waals surface area contributed by atoms with E-state index in [1.807, 2.05) is 12.3 Å². The minimum Gasteiger partial charge on any atom is -0.366 e. The smallest absolute Gasteiger partial charge is 0.0555 e. The summed E-state index contributed by atoms with van der Waals surface area (Å²) in [7, 11) is 0. The largest absolute Gasteiger partial charge is 0.366 e. The zero-order valence-electron chi connectivity index (χ0n) is 7.49. The average Bonchev–Trinajstić information content (AvgIpc) is 2.67. The van der Waals surface area contributed by atoms with E-state index in [9.17, 15) is 0 Å². The van der Waals surface area contributed by atoms with E-state index in [1.165, 1.54) is 18.5 Å². The van der Waals surface area contributed by atoms with Crippen LogP contribution >= 0.6 is 11.6 Å². The van der Waals surface area contributed by atoms with Gasteiger partial charge in [0.2, 0.25) is 0 Å². The van der Waals surface area contributed by atoms with Crippen LogP contribution in [0.2, 0.25) is 0 Å². The molecule has 1 unspecified atom stereocenters. The lowest BCUT2D eigenvalue weighted by Gasteiger charge is -2.24. The molecule has 13 heavy (non-hydrogen) atoms. The predicted octanol–water partition coefficient (Wildman–Crippen LogP) is 2.29. The van der Waals surface area contributed by atoms with Crippen LogP contribution in [0.25, 0.3) is 0 Å². The molecule has 1 fully saturated rings. The second-order valence-corrected chi connectivity index (χ2v) is 3.66. The summed E-state index contributed by atoms with van der Waals surface area (Å²) in [6.45, 7) is 1.11. The molecule has 1 aliphatic rings. The van der Waals surface area contributed by atoms with Crippen LogP contribution in [-0.4, -0.2) is 23.5 Å². The molecular formula is C10H13ClN2. The van der Waals surface area contributed by atoms with Crippen molar-refractivity contribution >= 4 is 17.3 Å². The molecule has 0 saturated carbocycles. The number of halogens is 1. The zero-order chi connectivity index (χ0) is 9.10. The van der Waals surface area contributed by atoms with Crippen LogP contribution in [0.3, 0.4) is 0 Å². The molecule has 0 amide bonds. The first kappa shape index (κ1) is 8.82. The summed E-state index contributed by atoms with van der Waals surface area (Å²) in [4.78, 5) is 6.46. The monoisotopic (exact) mass is 196 g/mol. The molecule has 1 aromatic heterocycles. The maximum absolute atomic E-state index is 5.89. The standard InChI is InChI=1S/C10H13ClN2/c11-7-9-4-2-6-13(9)10-3-1-5-12-8-10/h1,3,5,8-9H,2,4,6-7H2. The maximum Gasteiger partial charge on any atom is 0.0555 e. The van der Waals surface area contributed by atoms with Crippen molar-refractivity contribution in [3.05, 3.63) is 24.5 Å². The number of anilines is 1. The molecule has 1 aromatic rings. The SMILES string of the molecule is ClCC1CCCN1c1cccnc1. The number of hydrogen-bond acceptors (Lipinski definition) is 2. The van der Waals surface area contributed by atoms with Gasteiger partial charge in [0, 0.05) is 24.7 Å². The fourth-order valence-corrected chi connectivity index (χ4v) is 2.18. The molecule has 0 bridgehead atoms. The first-order chi connectivity index (χ1) is 6.42. The van der Waals surface area contributed by atoms with Crippen molar-refractivity contribution in [3.8, 4) is 0 Å². The van der Waals surface area contributed by atoms with Crippen LogP contribution in [-0.2, 0) is 0 Å². The molecule has 0 radical (unpaired) electrons. The highest BCUT2D eigenvalue weighted by Crippen LogP contribution is 2.24. The Balaban J connectivity index is 2.16. The third-order valence-electron chi connectivity index (χ3n) is 2.53. The van der Waals surface area contributed by atoms with E-state index in [0.29, 0.717) is 6.04 Å². The summed E-state index contributed by atoms with van der Waals surface area (Å²) >= 11 is 5.89. The van der Waals surface area contributed by atoms with Gasteiger partial charge in [-0.25, -0.2) is 0 Å². The van der Waals surface area contributed by atoms with Crippen LogP contribution in [0.4, 0.5) is 5.69 Å². The highest BCUT2D eigenvalue weighted by Gasteiger charge is 2.23. The number of pyridine rings is 1. The van der Waals surface area contributed by atoms with Crippen LogP contribution in [0, 0.1) is 0 Å². The first-order valence-electron chi connectivity index (χ1n) is 4.64. The van der Waals surface area contributed by atoms with Crippen molar-refractivity contribution in [2.24, 2.45) is 0 Å². The van der Waals surface area contributed by atoms with Gasteiger partial charge in [-0.05, 0) is 25.0 Å². The summed E-state index contributed by atoms with van der Waals surface area (Å²) in [5, 5.41) is 0. The van der Waals surface area contributed by atoms with Crippen molar-refractivity contribution in [2.75, 3.05) is 17.3 Å². The molecule has 2 rings (SSSR count). The lowest BCUT2D eigenvalue weighted by molar-refractivity contribution is 0.740. The third-order valence-corrected chi connectivity index (χ3v) is 2.89. The fraction of sp³-hybridized carbons (Fsp3) is 0.500. The topological polar surface area (TPSA) is 16.1 Å². The Morgan fingerprint density at radius 2 is 2.54 bits per heavy atom. The quantitative estimate of drug-likeness (QED) is 0.675. The summed E-state index contributed by atoms with van der Waals surface area (Å²) in [6, 6.07) is 4.57. The normalized spacial score (nSPS) is 22.2. The number of nitrogens with zero attached hydrogens (tertiary/aromatic N) is 2. The van der Waals surface area contributed by atoms with Gasteiger partial charge in [0.15, 0.2) is 0 Å². The van der Waals surface area contributed by atoms with Gasteiger partial charge in [0.05, 0.1) is 11.9 Å². The maximum atomic E-state index is 5.89. The summed E-state index contributed by atoms with van der Waals surface area (Å²) in [6.07, 6.45) is 6.16. The van der Waals surface area contributed by atoms with Gasteiger partial charge in [-0.1, -0.05) is 0 Å². The summed E-state index contributed by atoms with van der Waals surface area (Å²) in [5.41, 5.74) is 1.20. The number of rotatable bonds is 2. The molecule has 3 heteroatoms. The molecule has 0 N–H and O–H groups in total. The zero-order valence-corrected chi connectivity index (χ0v) is 8.24. The van der Waals surface area contributed by atoms with E-state index in [-0.39, 0.29) is 0 Å². The van der Waals surface area contributed by atoms with Crippen molar-refractivity contribution in [2.45, 2.75) is 18.9 Å². The van der Waals surface area contributed by atoms with Crippen molar-refractivity contribution in [3.63, 3.8) is 0 Å². The summed E-state index contributed by atoms with van der Waals surface area (Å²) < 4.78 is 0. The molecule has 2 heterocycles. The van der Waals surface area contributed by atoms with E-state index in [4.69, 9.17) is 11.6 Å². The Hall–Kier alpha value is -0.760. The van der Waals surface area contributed by atoms with Gasteiger partial charge in [-0.2, -0.15) is 0 Å². The lowest BCUT2D eigenvalue weighted by Crippen LogP contribution is -2.30. The Morgan fingerprint density at radius 1 is 1.62 bits per heavy atom. The Kier molecular flexibility index (Phi) is 2.69. The third kappa shape index (κ3) is 1.78.